The Morgan fingerprint density at radius 2 is 2.10 bits per heavy atom. The van der Waals surface area contributed by atoms with Crippen molar-refractivity contribution in [3.05, 3.63) is 0 Å². The van der Waals surface area contributed by atoms with Gasteiger partial charge in [-0.1, -0.05) is 6.92 Å². The molecule has 2 fully saturated rings. The Morgan fingerprint density at radius 3 is 2.65 bits per heavy atom. The molecule has 3 N–H and O–H groups in total. The van der Waals surface area contributed by atoms with Crippen LogP contribution in [0.1, 0.15) is 39.0 Å². The van der Waals surface area contributed by atoms with Crippen LogP contribution in [0.3, 0.4) is 0 Å². The van der Waals surface area contributed by atoms with E-state index in [4.69, 9.17) is 5.73 Å². The Kier molecular flexibility index (Phi) is 6.27. The van der Waals surface area contributed by atoms with Gasteiger partial charge in [-0.05, 0) is 32.1 Å². The van der Waals surface area contributed by atoms with Crippen LogP contribution in [0.25, 0.3) is 0 Å². The lowest BCUT2D eigenvalue weighted by Crippen LogP contribution is -2.48. The Bertz CT molecular complexity index is 358. The molecule has 2 rings (SSSR count). The van der Waals surface area contributed by atoms with E-state index in [9.17, 15) is 9.59 Å². The Hall–Kier alpha value is -0.810. The van der Waals surface area contributed by atoms with Gasteiger partial charge in [0.05, 0.1) is 5.92 Å². The molecule has 2 amide bonds. The average Bonchev–Trinajstić information content (AvgIpc) is 3.25. The van der Waals surface area contributed by atoms with Gasteiger partial charge in [0.2, 0.25) is 11.8 Å². The molecule has 0 radical (unpaired) electrons. The maximum Gasteiger partial charge on any atom is 0.228 e. The molecule has 5 nitrogen and oxygen atoms in total. The van der Waals surface area contributed by atoms with Crippen molar-refractivity contribution in [2.45, 2.75) is 39.0 Å². The van der Waals surface area contributed by atoms with E-state index in [2.05, 4.69) is 12.2 Å². The summed E-state index contributed by atoms with van der Waals surface area (Å²) in [4.78, 5) is 26.3. The zero-order valence-corrected chi connectivity index (χ0v) is 13.0. The molecule has 20 heavy (non-hydrogen) atoms. The SMILES string of the molecule is CCC1(C(=O)N2CCCC(C(=O)NCCN)C2)CC1.Cl. The van der Waals surface area contributed by atoms with E-state index in [0.717, 1.165) is 38.6 Å². The summed E-state index contributed by atoms with van der Waals surface area (Å²) in [6.07, 6.45) is 4.75. The molecule has 0 spiro atoms. The standard InChI is InChI=1S/C14H25N3O2.ClH/c1-2-14(5-6-14)13(19)17-9-3-4-11(10-17)12(18)16-8-7-15;/h11H,2-10,15H2,1H3,(H,16,18);1H. The number of amides is 2. The van der Waals surface area contributed by atoms with Crippen molar-refractivity contribution < 1.29 is 9.59 Å². The van der Waals surface area contributed by atoms with Crippen LogP contribution in [0.4, 0.5) is 0 Å². The van der Waals surface area contributed by atoms with E-state index in [1.54, 1.807) is 0 Å². The summed E-state index contributed by atoms with van der Waals surface area (Å²) in [5.74, 6) is 0.257. The second-order valence-corrected chi connectivity index (χ2v) is 5.80. The van der Waals surface area contributed by atoms with E-state index >= 15 is 0 Å². The normalized spacial score (nSPS) is 23.7. The highest BCUT2D eigenvalue weighted by Gasteiger charge is 2.50. The van der Waals surface area contributed by atoms with Gasteiger partial charge in [0.15, 0.2) is 0 Å². The van der Waals surface area contributed by atoms with Crippen LogP contribution in [-0.4, -0.2) is 42.9 Å². The molecule has 1 saturated carbocycles. The van der Waals surface area contributed by atoms with Gasteiger partial charge in [-0.2, -0.15) is 0 Å². The van der Waals surface area contributed by atoms with Crippen molar-refractivity contribution in [3.8, 4) is 0 Å². The molecule has 1 saturated heterocycles. The first kappa shape index (κ1) is 17.2. The first-order chi connectivity index (χ1) is 9.13. The topological polar surface area (TPSA) is 75.4 Å². The lowest BCUT2D eigenvalue weighted by Gasteiger charge is -2.34. The molecule has 0 bridgehead atoms. The summed E-state index contributed by atoms with van der Waals surface area (Å²) >= 11 is 0. The van der Waals surface area contributed by atoms with Gasteiger partial charge in [0, 0.05) is 31.6 Å². The summed E-state index contributed by atoms with van der Waals surface area (Å²) in [7, 11) is 0. The second kappa shape index (κ2) is 7.27. The smallest absolute Gasteiger partial charge is 0.228 e. The first-order valence-corrected chi connectivity index (χ1v) is 7.40. The van der Waals surface area contributed by atoms with Crippen molar-refractivity contribution in [2.75, 3.05) is 26.2 Å². The number of likely N-dealkylation sites (tertiary alicyclic amines) is 1. The number of hydrogen-bond acceptors (Lipinski definition) is 3. The third-order valence-electron chi connectivity index (χ3n) is 4.51. The van der Waals surface area contributed by atoms with Gasteiger partial charge in [0.25, 0.3) is 0 Å². The predicted octanol–water partition coefficient (Wildman–Crippen LogP) is 0.912. The largest absolute Gasteiger partial charge is 0.355 e. The Balaban J connectivity index is 0.00000200. The summed E-state index contributed by atoms with van der Waals surface area (Å²) in [6, 6.07) is 0. The van der Waals surface area contributed by atoms with Crippen LogP contribution in [0.2, 0.25) is 0 Å². The molecule has 6 heteroatoms. The quantitative estimate of drug-likeness (QED) is 0.793. The minimum Gasteiger partial charge on any atom is -0.355 e. The molecule has 1 aliphatic carbocycles. The minimum atomic E-state index is -0.0877. The number of nitrogens with one attached hydrogen (secondary N) is 1. The number of piperidine rings is 1. The number of rotatable bonds is 5. The van der Waals surface area contributed by atoms with Crippen LogP contribution in [-0.2, 0) is 9.59 Å². The molecule has 0 aromatic carbocycles. The number of carbonyl (C=O) groups excluding carboxylic acids is 2. The maximum atomic E-state index is 12.5. The molecule has 0 aromatic heterocycles. The third-order valence-corrected chi connectivity index (χ3v) is 4.51. The van der Waals surface area contributed by atoms with Gasteiger partial charge in [-0.15, -0.1) is 12.4 Å². The monoisotopic (exact) mass is 303 g/mol. The van der Waals surface area contributed by atoms with E-state index in [1.165, 1.54) is 0 Å². The Labute approximate surface area is 127 Å². The van der Waals surface area contributed by atoms with Crippen molar-refractivity contribution in [3.63, 3.8) is 0 Å². The maximum absolute atomic E-state index is 12.5. The van der Waals surface area contributed by atoms with Crippen molar-refractivity contribution >= 4 is 24.2 Å². The summed E-state index contributed by atoms with van der Waals surface area (Å²) in [5.41, 5.74) is 5.30. The summed E-state index contributed by atoms with van der Waals surface area (Å²) < 4.78 is 0. The van der Waals surface area contributed by atoms with E-state index in [0.29, 0.717) is 19.6 Å². The van der Waals surface area contributed by atoms with Crippen LogP contribution < -0.4 is 11.1 Å². The van der Waals surface area contributed by atoms with E-state index < -0.39 is 0 Å². The molecular weight excluding hydrogens is 278 g/mol. The highest BCUT2D eigenvalue weighted by atomic mass is 35.5. The number of halogens is 1. The van der Waals surface area contributed by atoms with E-state index in [1.807, 2.05) is 4.90 Å². The highest BCUT2D eigenvalue weighted by Crippen LogP contribution is 2.50. The third kappa shape index (κ3) is 3.64. The van der Waals surface area contributed by atoms with Gasteiger partial charge in [-0.3, -0.25) is 9.59 Å². The molecule has 2 aliphatic rings. The molecule has 1 atom stereocenters. The van der Waals surface area contributed by atoms with Crippen molar-refractivity contribution in [1.82, 2.24) is 10.2 Å². The molecule has 0 aromatic rings. The first-order valence-electron chi connectivity index (χ1n) is 7.40. The molecular formula is C14H26ClN3O2. The fourth-order valence-corrected chi connectivity index (χ4v) is 2.92. The second-order valence-electron chi connectivity index (χ2n) is 5.80. The van der Waals surface area contributed by atoms with Gasteiger partial charge >= 0.3 is 0 Å². The van der Waals surface area contributed by atoms with Gasteiger partial charge in [0.1, 0.15) is 0 Å². The molecule has 1 unspecified atom stereocenters. The van der Waals surface area contributed by atoms with Crippen LogP contribution in [0, 0.1) is 11.3 Å². The predicted molar refractivity (Wildman–Crippen MR) is 80.6 cm³/mol. The lowest BCUT2D eigenvalue weighted by molar-refractivity contribution is -0.140. The van der Waals surface area contributed by atoms with Crippen molar-refractivity contribution in [1.29, 1.82) is 0 Å². The van der Waals surface area contributed by atoms with Crippen LogP contribution in [0.5, 0.6) is 0 Å². The fourth-order valence-electron chi connectivity index (χ4n) is 2.92. The fraction of sp³-hybridized carbons (Fsp3) is 0.857. The number of nitrogens with zero attached hydrogens (tertiary/aromatic N) is 1. The van der Waals surface area contributed by atoms with Crippen LogP contribution >= 0.6 is 12.4 Å². The highest BCUT2D eigenvalue weighted by molar-refractivity contribution is 5.86. The number of carbonyl (C=O) groups is 2. The van der Waals surface area contributed by atoms with Gasteiger partial charge in [-0.25, -0.2) is 0 Å². The molecule has 1 aliphatic heterocycles. The molecule has 116 valence electrons. The lowest BCUT2D eigenvalue weighted by atomic mass is 9.94. The van der Waals surface area contributed by atoms with E-state index in [-0.39, 0.29) is 35.6 Å². The van der Waals surface area contributed by atoms with Crippen LogP contribution in [0.15, 0.2) is 0 Å². The zero-order valence-electron chi connectivity index (χ0n) is 12.2. The van der Waals surface area contributed by atoms with Crippen molar-refractivity contribution in [2.24, 2.45) is 17.1 Å². The summed E-state index contributed by atoms with van der Waals surface area (Å²) in [6.45, 7) is 4.45. The van der Waals surface area contributed by atoms with Gasteiger partial charge < -0.3 is 16.0 Å². The zero-order chi connectivity index (χ0) is 13.9. The number of hydrogen-bond donors (Lipinski definition) is 2. The summed E-state index contributed by atoms with van der Waals surface area (Å²) in [5, 5.41) is 2.83. The number of nitrogens with two attached hydrogens (primary N) is 1. The molecule has 1 heterocycles. The minimum absolute atomic E-state index is 0. The average molecular weight is 304 g/mol. The Morgan fingerprint density at radius 1 is 1.40 bits per heavy atom.